The summed E-state index contributed by atoms with van der Waals surface area (Å²) in [4.78, 5) is 12.4. The molecule has 5 nitrogen and oxygen atoms in total. The Morgan fingerprint density at radius 2 is 1.61 bits per heavy atom. The predicted molar refractivity (Wildman–Crippen MR) is 158 cm³/mol. The molecule has 198 valence electrons. The second kappa shape index (κ2) is 12.8. The third kappa shape index (κ3) is 6.27. The molecule has 0 saturated carbocycles. The van der Waals surface area contributed by atoms with E-state index in [4.69, 9.17) is 14.7 Å². The van der Waals surface area contributed by atoms with Crippen molar-refractivity contribution in [3.63, 3.8) is 0 Å². The Labute approximate surface area is 227 Å². The van der Waals surface area contributed by atoms with Gasteiger partial charge in [-0.2, -0.15) is 4.98 Å². The lowest BCUT2D eigenvalue weighted by atomic mass is 9.87. The molecule has 0 aliphatic carbocycles. The third-order valence-electron chi connectivity index (χ3n) is 7.85. The van der Waals surface area contributed by atoms with E-state index in [0.29, 0.717) is 5.92 Å². The highest BCUT2D eigenvalue weighted by Gasteiger charge is 2.22. The van der Waals surface area contributed by atoms with Crippen molar-refractivity contribution < 1.29 is 4.74 Å². The maximum Gasteiger partial charge on any atom is 0.227 e. The first kappa shape index (κ1) is 26.0. The number of methoxy groups -OCH3 is 1. The number of anilines is 2. The number of hydrogen-bond donors (Lipinski definition) is 1. The maximum atomic E-state index is 5.52. The van der Waals surface area contributed by atoms with Crippen molar-refractivity contribution in [1.29, 1.82) is 0 Å². The van der Waals surface area contributed by atoms with Crippen LogP contribution < -0.4 is 15.0 Å². The molecule has 0 atom stereocenters. The van der Waals surface area contributed by atoms with Gasteiger partial charge in [0.15, 0.2) is 0 Å². The molecular formula is C33H40N4O. The fourth-order valence-electron chi connectivity index (χ4n) is 5.74. The van der Waals surface area contributed by atoms with E-state index in [1.54, 1.807) is 7.11 Å². The van der Waals surface area contributed by atoms with Crippen molar-refractivity contribution >= 4 is 22.7 Å². The quantitative estimate of drug-likeness (QED) is 0.211. The maximum absolute atomic E-state index is 5.52. The van der Waals surface area contributed by atoms with Gasteiger partial charge in [0, 0.05) is 30.9 Å². The van der Waals surface area contributed by atoms with Gasteiger partial charge in [0.25, 0.3) is 0 Å². The lowest BCUT2D eigenvalue weighted by molar-refractivity contribution is 0.376. The predicted octanol–water partition coefficient (Wildman–Crippen LogP) is 7.68. The number of rotatable bonds is 11. The number of ether oxygens (including phenoxy) is 1. The summed E-state index contributed by atoms with van der Waals surface area (Å²) in [6.07, 6.45) is 7.13. The Morgan fingerprint density at radius 3 is 2.24 bits per heavy atom. The van der Waals surface area contributed by atoms with E-state index in [0.717, 1.165) is 66.8 Å². The number of fused-ring (bicyclic) bond motifs is 1. The summed E-state index contributed by atoms with van der Waals surface area (Å²) in [5.74, 6) is 3.77. The lowest BCUT2D eigenvalue weighted by Gasteiger charge is -2.32. The summed E-state index contributed by atoms with van der Waals surface area (Å²) in [6, 6.07) is 27.8. The first-order valence-electron chi connectivity index (χ1n) is 14.2. The van der Waals surface area contributed by atoms with Crippen LogP contribution in [0.25, 0.3) is 10.9 Å². The topological polar surface area (TPSA) is 50.3 Å². The van der Waals surface area contributed by atoms with Gasteiger partial charge >= 0.3 is 0 Å². The van der Waals surface area contributed by atoms with Crippen LogP contribution in [0.5, 0.6) is 5.75 Å². The second-order valence-electron chi connectivity index (χ2n) is 10.4. The zero-order valence-electron chi connectivity index (χ0n) is 22.8. The van der Waals surface area contributed by atoms with E-state index in [9.17, 15) is 0 Å². The van der Waals surface area contributed by atoms with Gasteiger partial charge in [-0.05, 0) is 60.9 Å². The van der Waals surface area contributed by atoms with Crippen molar-refractivity contribution in [3.05, 3.63) is 90.0 Å². The van der Waals surface area contributed by atoms with Crippen molar-refractivity contribution in [3.8, 4) is 5.75 Å². The minimum Gasteiger partial charge on any atom is -0.497 e. The summed E-state index contributed by atoms with van der Waals surface area (Å²) in [5.41, 5.74) is 3.69. The second-order valence-corrected chi connectivity index (χ2v) is 10.4. The van der Waals surface area contributed by atoms with Crippen LogP contribution in [0.15, 0.2) is 78.9 Å². The van der Waals surface area contributed by atoms with Crippen molar-refractivity contribution in [2.45, 2.75) is 51.4 Å². The molecule has 4 aromatic rings. The minimum absolute atomic E-state index is 0.376. The van der Waals surface area contributed by atoms with Gasteiger partial charge in [0.05, 0.1) is 12.6 Å². The molecule has 2 heterocycles. The van der Waals surface area contributed by atoms with Crippen LogP contribution in [0.3, 0.4) is 0 Å². The normalized spacial score (nSPS) is 14.2. The van der Waals surface area contributed by atoms with Gasteiger partial charge in [-0.25, -0.2) is 4.98 Å². The fraction of sp³-hybridized carbons (Fsp3) is 0.394. The minimum atomic E-state index is 0.376. The van der Waals surface area contributed by atoms with E-state index < -0.39 is 0 Å². The molecule has 1 fully saturated rings. The first-order chi connectivity index (χ1) is 18.7. The van der Waals surface area contributed by atoms with Crippen LogP contribution in [0.4, 0.5) is 11.8 Å². The number of nitrogens with one attached hydrogen (secondary N) is 1. The number of aromatic nitrogens is 2. The Morgan fingerprint density at radius 1 is 0.921 bits per heavy atom. The lowest BCUT2D eigenvalue weighted by Crippen LogP contribution is -2.35. The van der Waals surface area contributed by atoms with E-state index in [-0.39, 0.29) is 0 Å². The first-order valence-corrected chi connectivity index (χ1v) is 14.2. The Hall–Kier alpha value is -3.60. The Bertz CT molecular complexity index is 1250. The molecule has 1 aromatic heterocycles. The van der Waals surface area contributed by atoms with Crippen molar-refractivity contribution in [1.82, 2.24) is 9.97 Å². The smallest absolute Gasteiger partial charge is 0.227 e. The van der Waals surface area contributed by atoms with Crippen molar-refractivity contribution in [2.75, 3.05) is 37.0 Å². The molecule has 0 unspecified atom stereocenters. The van der Waals surface area contributed by atoms with E-state index in [1.807, 2.05) is 12.1 Å². The molecular weight excluding hydrogens is 468 g/mol. The standard InChI is InChI=1S/C33H40N4O/c1-3-11-25-19-22-37(23-20-25)33-35-31-18-17-28(38-2)24-30(31)32(36-33)34-21-10-16-29(26-12-6-4-7-13-26)27-14-8-5-9-15-27/h4-9,12-15,17-18,24-25,29H,3,10-11,16,19-23H2,1-2H3,(H,34,35,36). The average Bonchev–Trinajstić information content (AvgIpc) is 2.98. The van der Waals surface area contributed by atoms with Crippen LogP contribution in [0.2, 0.25) is 0 Å². The number of nitrogens with zero attached hydrogens (tertiary/aromatic N) is 3. The molecule has 1 aliphatic rings. The van der Waals surface area contributed by atoms with Gasteiger partial charge in [-0.3, -0.25) is 0 Å². The van der Waals surface area contributed by atoms with E-state index in [2.05, 4.69) is 83.9 Å². The summed E-state index contributed by atoms with van der Waals surface area (Å²) >= 11 is 0. The fourth-order valence-corrected chi connectivity index (χ4v) is 5.74. The molecule has 0 spiro atoms. The molecule has 38 heavy (non-hydrogen) atoms. The number of benzene rings is 3. The molecule has 1 aliphatic heterocycles. The molecule has 5 rings (SSSR count). The zero-order valence-corrected chi connectivity index (χ0v) is 22.8. The van der Waals surface area contributed by atoms with Gasteiger partial charge in [-0.1, -0.05) is 80.4 Å². The summed E-state index contributed by atoms with van der Waals surface area (Å²) in [6.45, 7) is 5.19. The summed E-state index contributed by atoms with van der Waals surface area (Å²) < 4.78 is 5.52. The highest BCUT2D eigenvalue weighted by Crippen LogP contribution is 2.31. The van der Waals surface area contributed by atoms with Crippen LogP contribution in [0, 0.1) is 5.92 Å². The Kier molecular flexibility index (Phi) is 8.75. The van der Waals surface area contributed by atoms with Crippen LogP contribution in [-0.4, -0.2) is 36.7 Å². The van der Waals surface area contributed by atoms with Gasteiger partial charge in [0.1, 0.15) is 11.6 Å². The molecule has 5 heteroatoms. The highest BCUT2D eigenvalue weighted by molar-refractivity contribution is 5.91. The molecule has 0 bridgehead atoms. The highest BCUT2D eigenvalue weighted by atomic mass is 16.5. The molecule has 1 saturated heterocycles. The SMILES string of the molecule is CCCC1CCN(c2nc(NCCCC(c3ccccc3)c3ccccc3)c3cc(OC)ccc3n2)CC1. The van der Waals surface area contributed by atoms with Gasteiger partial charge in [0.2, 0.25) is 5.95 Å². The molecule has 3 aromatic carbocycles. The van der Waals surface area contributed by atoms with Gasteiger partial charge in [-0.15, -0.1) is 0 Å². The van der Waals surface area contributed by atoms with Crippen LogP contribution >= 0.6 is 0 Å². The zero-order chi connectivity index (χ0) is 26.2. The monoisotopic (exact) mass is 508 g/mol. The molecule has 0 amide bonds. The van der Waals surface area contributed by atoms with Crippen LogP contribution in [0.1, 0.15) is 62.5 Å². The van der Waals surface area contributed by atoms with Crippen LogP contribution in [-0.2, 0) is 0 Å². The number of piperidine rings is 1. The largest absolute Gasteiger partial charge is 0.497 e. The molecule has 1 N–H and O–H groups in total. The van der Waals surface area contributed by atoms with Crippen molar-refractivity contribution in [2.24, 2.45) is 5.92 Å². The van der Waals surface area contributed by atoms with E-state index >= 15 is 0 Å². The van der Waals surface area contributed by atoms with E-state index in [1.165, 1.54) is 36.8 Å². The Balaban J connectivity index is 1.32. The number of hydrogen-bond acceptors (Lipinski definition) is 5. The third-order valence-corrected chi connectivity index (χ3v) is 7.85. The molecule has 0 radical (unpaired) electrons. The average molecular weight is 509 g/mol. The summed E-state index contributed by atoms with van der Waals surface area (Å²) in [5, 5.41) is 4.68. The summed E-state index contributed by atoms with van der Waals surface area (Å²) in [7, 11) is 1.71. The van der Waals surface area contributed by atoms with Gasteiger partial charge < -0.3 is 15.0 Å².